The lowest BCUT2D eigenvalue weighted by Gasteiger charge is -2.09. The van der Waals surface area contributed by atoms with E-state index < -0.39 is 15.8 Å². The average molecular weight is 246 g/mol. The van der Waals surface area contributed by atoms with Gasteiger partial charge in [0.1, 0.15) is 5.82 Å². The van der Waals surface area contributed by atoms with E-state index in [2.05, 4.69) is 4.72 Å². The van der Waals surface area contributed by atoms with Gasteiger partial charge in [-0.1, -0.05) is 13.8 Å². The van der Waals surface area contributed by atoms with E-state index in [0.717, 1.165) is 12.1 Å². The molecule has 1 aromatic rings. The van der Waals surface area contributed by atoms with Crippen molar-refractivity contribution in [2.75, 3.05) is 12.3 Å². The molecule has 1 aromatic carbocycles. The highest BCUT2D eigenvalue weighted by Crippen LogP contribution is 2.16. The quantitative estimate of drug-likeness (QED) is 0.787. The van der Waals surface area contributed by atoms with Crippen LogP contribution in [0.3, 0.4) is 0 Å². The third-order valence-corrected chi connectivity index (χ3v) is 3.38. The van der Waals surface area contributed by atoms with Gasteiger partial charge in [-0.15, -0.1) is 0 Å². The first-order valence-corrected chi connectivity index (χ1v) is 6.36. The summed E-state index contributed by atoms with van der Waals surface area (Å²) in [4.78, 5) is -0.0212. The lowest BCUT2D eigenvalue weighted by Crippen LogP contribution is -2.27. The van der Waals surface area contributed by atoms with Crippen molar-refractivity contribution in [3.8, 4) is 0 Å². The summed E-state index contributed by atoms with van der Waals surface area (Å²) < 4.78 is 38.7. The second-order valence-corrected chi connectivity index (χ2v) is 5.70. The van der Waals surface area contributed by atoms with Crippen molar-refractivity contribution in [3.05, 3.63) is 24.0 Å². The van der Waals surface area contributed by atoms with Crippen LogP contribution in [0.4, 0.5) is 10.1 Å². The fourth-order valence-corrected chi connectivity index (χ4v) is 2.30. The molecule has 0 spiro atoms. The molecule has 0 aliphatic heterocycles. The zero-order chi connectivity index (χ0) is 12.3. The Labute approximate surface area is 94.7 Å². The summed E-state index contributed by atoms with van der Waals surface area (Å²) >= 11 is 0. The molecule has 0 amide bonds. The van der Waals surface area contributed by atoms with Gasteiger partial charge in [0.15, 0.2) is 0 Å². The van der Waals surface area contributed by atoms with Crippen molar-refractivity contribution in [2.24, 2.45) is 5.92 Å². The van der Waals surface area contributed by atoms with Crippen molar-refractivity contribution in [1.82, 2.24) is 4.72 Å². The zero-order valence-electron chi connectivity index (χ0n) is 9.20. The summed E-state index contributed by atoms with van der Waals surface area (Å²) in [6.07, 6.45) is 0. The van der Waals surface area contributed by atoms with E-state index >= 15 is 0 Å². The number of hydrogen-bond acceptors (Lipinski definition) is 3. The van der Waals surface area contributed by atoms with Crippen molar-refractivity contribution in [2.45, 2.75) is 18.7 Å². The van der Waals surface area contributed by atoms with Crippen LogP contribution in [0.1, 0.15) is 13.8 Å². The van der Waals surface area contributed by atoms with Gasteiger partial charge in [-0.3, -0.25) is 0 Å². The molecule has 6 heteroatoms. The maximum absolute atomic E-state index is 12.9. The normalized spacial score (nSPS) is 12.0. The Morgan fingerprint density at radius 2 is 2.06 bits per heavy atom. The van der Waals surface area contributed by atoms with Crippen LogP contribution in [0.2, 0.25) is 0 Å². The maximum atomic E-state index is 12.9. The maximum Gasteiger partial charge on any atom is 0.240 e. The molecular weight excluding hydrogens is 231 g/mol. The number of nitrogen functional groups attached to an aromatic ring is 1. The molecule has 0 aromatic heterocycles. The summed E-state index contributed by atoms with van der Waals surface area (Å²) in [6.45, 7) is 4.11. The van der Waals surface area contributed by atoms with Gasteiger partial charge in [-0.2, -0.15) is 0 Å². The Kier molecular flexibility index (Phi) is 3.88. The second kappa shape index (κ2) is 4.80. The van der Waals surface area contributed by atoms with E-state index in [0.29, 0.717) is 6.54 Å². The molecule has 0 aliphatic carbocycles. The largest absolute Gasteiger partial charge is 0.396 e. The minimum absolute atomic E-state index is 0.0212. The van der Waals surface area contributed by atoms with Crippen molar-refractivity contribution in [3.63, 3.8) is 0 Å². The van der Waals surface area contributed by atoms with Crippen LogP contribution >= 0.6 is 0 Å². The number of benzene rings is 1. The number of nitrogens with one attached hydrogen (secondary N) is 1. The molecule has 3 N–H and O–H groups in total. The predicted molar refractivity (Wildman–Crippen MR) is 60.8 cm³/mol. The van der Waals surface area contributed by atoms with Crippen LogP contribution in [0, 0.1) is 11.7 Å². The molecule has 0 saturated heterocycles. The van der Waals surface area contributed by atoms with E-state index in [1.54, 1.807) is 0 Å². The summed E-state index contributed by atoms with van der Waals surface area (Å²) in [6, 6.07) is 3.34. The van der Waals surface area contributed by atoms with E-state index in [1.807, 2.05) is 13.8 Å². The molecule has 0 radical (unpaired) electrons. The van der Waals surface area contributed by atoms with Gasteiger partial charge in [0, 0.05) is 6.54 Å². The molecule has 0 fully saturated rings. The van der Waals surface area contributed by atoms with Gasteiger partial charge in [-0.25, -0.2) is 17.5 Å². The monoisotopic (exact) mass is 246 g/mol. The third-order valence-electron chi connectivity index (χ3n) is 1.96. The van der Waals surface area contributed by atoms with Gasteiger partial charge < -0.3 is 5.73 Å². The van der Waals surface area contributed by atoms with Gasteiger partial charge in [0.25, 0.3) is 0 Å². The summed E-state index contributed by atoms with van der Waals surface area (Å²) in [7, 11) is -3.59. The fourth-order valence-electron chi connectivity index (χ4n) is 1.05. The number of anilines is 1. The Bertz CT molecular complexity index is 472. The number of sulfonamides is 1. The van der Waals surface area contributed by atoms with E-state index in [-0.39, 0.29) is 16.5 Å². The Morgan fingerprint density at radius 1 is 1.44 bits per heavy atom. The standard InChI is InChI=1S/C10H15FN2O2S/c1-7(2)6-13-16(14,15)8-3-4-9(11)10(12)5-8/h3-5,7,13H,6,12H2,1-2H3. The SMILES string of the molecule is CC(C)CNS(=O)(=O)c1ccc(F)c(N)c1. The second-order valence-electron chi connectivity index (χ2n) is 3.93. The van der Waals surface area contributed by atoms with Crippen LogP contribution < -0.4 is 10.5 Å². The Hall–Kier alpha value is -1.14. The Morgan fingerprint density at radius 3 is 2.56 bits per heavy atom. The number of rotatable bonds is 4. The summed E-state index contributed by atoms with van der Waals surface area (Å²) in [5.74, 6) is -0.421. The summed E-state index contributed by atoms with van der Waals surface area (Å²) in [5.41, 5.74) is 5.13. The van der Waals surface area contributed by atoms with Gasteiger partial charge in [-0.05, 0) is 24.1 Å². The first kappa shape index (κ1) is 12.9. The molecule has 0 unspecified atom stereocenters. The molecular formula is C10H15FN2O2S. The first-order chi connectivity index (χ1) is 7.33. The number of hydrogen-bond donors (Lipinski definition) is 2. The molecule has 4 nitrogen and oxygen atoms in total. The van der Waals surface area contributed by atoms with Crippen LogP contribution in [0.25, 0.3) is 0 Å². The molecule has 0 atom stereocenters. The molecule has 0 aliphatic rings. The molecule has 90 valence electrons. The number of halogens is 1. The van der Waals surface area contributed by atoms with Crippen LogP contribution in [0.5, 0.6) is 0 Å². The molecule has 0 saturated carbocycles. The highest BCUT2D eigenvalue weighted by Gasteiger charge is 2.15. The molecule has 16 heavy (non-hydrogen) atoms. The average Bonchev–Trinajstić information content (AvgIpc) is 2.19. The fraction of sp³-hybridized carbons (Fsp3) is 0.400. The lowest BCUT2D eigenvalue weighted by atomic mass is 10.2. The van der Waals surface area contributed by atoms with Crippen molar-refractivity contribution >= 4 is 15.7 Å². The van der Waals surface area contributed by atoms with Gasteiger partial charge >= 0.3 is 0 Å². The Balaban J connectivity index is 2.94. The van der Waals surface area contributed by atoms with Crippen LogP contribution in [-0.2, 0) is 10.0 Å². The highest BCUT2D eigenvalue weighted by molar-refractivity contribution is 7.89. The van der Waals surface area contributed by atoms with Crippen LogP contribution in [0.15, 0.2) is 23.1 Å². The predicted octanol–water partition coefficient (Wildman–Crippen LogP) is 1.34. The topological polar surface area (TPSA) is 72.2 Å². The van der Waals surface area contributed by atoms with Crippen molar-refractivity contribution < 1.29 is 12.8 Å². The molecule has 0 heterocycles. The molecule has 1 rings (SSSR count). The lowest BCUT2D eigenvalue weighted by molar-refractivity contribution is 0.559. The van der Waals surface area contributed by atoms with Gasteiger partial charge in [0.2, 0.25) is 10.0 Å². The summed E-state index contributed by atoms with van der Waals surface area (Å²) in [5, 5.41) is 0. The highest BCUT2D eigenvalue weighted by atomic mass is 32.2. The minimum atomic E-state index is -3.59. The van der Waals surface area contributed by atoms with Gasteiger partial charge in [0.05, 0.1) is 10.6 Å². The van der Waals surface area contributed by atoms with E-state index in [9.17, 15) is 12.8 Å². The van der Waals surface area contributed by atoms with E-state index in [1.165, 1.54) is 6.07 Å². The van der Waals surface area contributed by atoms with Crippen LogP contribution in [-0.4, -0.2) is 15.0 Å². The molecule has 0 bridgehead atoms. The van der Waals surface area contributed by atoms with Crippen molar-refractivity contribution in [1.29, 1.82) is 0 Å². The minimum Gasteiger partial charge on any atom is -0.396 e. The van der Waals surface area contributed by atoms with E-state index in [4.69, 9.17) is 5.73 Å². The first-order valence-electron chi connectivity index (χ1n) is 4.87. The smallest absolute Gasteiger partial charge is 0.240 e. The number of nitrogens with two attached hydrogens (primary N) is 1. The third kappa shape index (κ3) is 3.18. The zero-order valence-corrected chi connectivity index (χ0v) is 10.0.